The number of carboxylic acids is 1. The lowest BCUT2D eigenvalue weighted by Crippen LogP contribution is -2.52. The zero-order chi connectivity index (χ0) is 29.8. The van der Waals surface area contributed by atoms with Crippen LogP contribution in [-0.4, -0.2) is 47.3 Å². The molecular formula is C28H32Cl2N4O6. The fourth-order valence-electron chi connectivity index (χ4n) is 5.07. The van der Waals surface area contributed by atoms with Crippen molar-refractivity contribution in [2.24, 2.45) is 22.5 Å². The molecular weight excluding hydrogens is 559 g/mol. The van der Waals surface area contributed by atoms with Crippen LogP contribution in [0.25, 0.3) is 0 Å². The van der Waals surface area contributed by atoms with Crippen LogP contribution in [0.1, 0.15) is 49.5 Å². The highest BCUT2D eigenvalue weighted by Gasteiger charge is 2.58. The number of nitrogens with two attached hydrogens (primary N) is 1. The van der Waals surface area contributed by atoms with Crippen molar-refractivity contribution in [1.29, 1.82) is 0 Å². The van der Waals surface area contributed by atoms with Crippen molar-refractivity contribution in [1.82, 2.24) is 10.6 Å². The zero-order valence-electron chi connectivity index (χ0n) is 22.3. The highest BCUT2D eigenvalue weighted by molar-refractivity contribution is 6.40. The molecule has 3 unspecified atom stereocenters. The van der Waals surface area contributed by atoms with Crippen molar-refractivity contribution in [3.63, 3.8) is 0 Å². The minimum Gasteiger partial charge on any atom is -0.480 e. The number of nitrogens with one attached hydrogen (secondary N) is 3. The number of carbonyl (C=O) groups excluding carboxylic acids is 4. The molecule has 1 saturated carbocycles. The molecule has 6 N–H and O–H groups in total. The fraction of sp³-hybridized carbons (Fsp3) is 0.393. The predicted molar refractivity (Wildman–Crippen MR) is 151 cm³/mol. The van der Waals surface area contributed by atoms with E-state index in [0.29, 0.717) is 24.1 Å². The van der Waals surface area contributed by atoms with Crippen molar-refractivity contribution in [2.75, 3.05) is 11.9 Å². The van der Waals surface area contributed by atoms with Crippen molar-refractivity contribution in [3.05, 3.63) is 63.6 Å². The van der Waals surface area contributed by atoms with Crippen molar-refractivity contribution < 1.29 is 29.1 Å². The van der Waals surface area contributed by atoms with Gasteiger partial charge >= 0.3 is 5.97 Å². The normalized spacial score (nSPS) is 20.3. The van der Waals surface area contributed by atoms with E-state index >= 15 is 0 Å². The van der Waals surface area contributed by atoms with E-state index in [1.165, 1.54) is 0 Å². The number of carbonyl (C=O) groups is 5. The van der Waals surface area contributed by atoms with Crippen LogP contribution >= 0.6 is 23.2 Å². The van der Waals surface area contributed by atoms with E-state index in [-0.39, 0.29) is 34.5 Å². The van der Waals surface area contributed by atoms with Gasteiger partial charge in [-0.05, 0) is 48.1 Å². The van der Waals surface area contributed by atoms with Gasteiger partial charge in [0, 0.05) is 18.0 Å². The molecule has 1 aliphatic rings. The van der Waals surface area contributed by atoms with E-state index in [9.17, 15) is 29.1 Å². The van der Waals surface area contributed by atoms with Crippen LogP contribution < -0.4 is 21.7 Å². The first-order valence-corrected chi connectivity index (χ1v) is 13.4. The first-order chi connectivity index (χ1) is 18.7. The Morgan fingerprint density at radius 2 is 1.62 bits per heavy atom. The summed E-state index contributed by atoms with van der Waals surface area (Å²) in [7, 11) is 0. The molecule has 0 spiro atoms. The monoisotopic (exact) mass is 590 g/mol. The molecule has 0 radical (unpaired) electrons. The molecule has 214 valence electrons. The van der Waals surface area contributed by atoms with Crippen LogP contribution in [0, 0.1) is 16.7 Å². The molecule has 0 aromatic heterocycles. The maximum atomic E-state index is 13.3. The molecule has 12 heteroatoms. The number of aliphatic carboxylic acids is 1. The number of carboxylic acid groups (broad SMARTS) is 1. The third-order valence-electron chi connectivity index (χ3n) is 7.92. The lowest BCUT2D eigenvalue weighted by molar-refractivity contribution is -0.145. The second kappa shape index (κ2) is 12.3. The molecule has 3 atom stereocenters. The molecule has 3 rings (SSSR count). The Bertz CT molecular complexity index is 1310. The van der Waals surface area contributed by atoms with Gasteiger partial charge < -0.3 is 26.8 Å². The first-order valence-electron chi connectivity index (χ1n) is 12.6. The van der Waals surface area contributed by atoms with Gasteiger partial charge in [0.15, 0.2) is 0 Å². The van der Waals surface area contributed by atoms with Crippen LogP contribution in [0.15, 0.2) is 42.5 Å². The topological polar surface area (TPSA) is 168 Å². The first kappa shape index (κ1) is 30.9. The van der Waals surface area contributed by atoms with Gasteiger partial charge in [-0.1, -0.05) is 62.2 Å². The average molecular weight is 591 g/mol. The Morgan fingerprint density at radius 1 is 1.02 bits per heavy atom. The quantitative estimate of drug-likeness (QED) is 0.284. The van der Waals surface area contributed by atoms with E-state index in [0.717, 1.165) is 0 Å². The summed E-state index contributed by atoms with van der Waals surface area (Å²) < 4.78 is 0. The Labute approximate surface area is 242 Å². The highest BCUT2D eigenvalue weighted by Crippen LogP contribution is 2.56. The van der Waals surface area contributed by atoms with Gasteiger partial charge in [0.25, 0.3) is 5.91 Å². The number of rotatable bonds is 10. The summed E-state index contributed by atoms with van der Waals surface area (Å²) in [6, 6.07) is 10.0. The summed E-state index contributed by atoms with van der Waals surface area (Å²) in [6.07, 6.45) is 0.748. The Hall–Kier alpha value is -3.63. The summed E-state index contributed by atoms with van der Waals surface area (Å²) in [5, 5.41) is 18.1. The summed E-state index contributed by atoms with van der Waals surface area (Å²) in [5.74, 6) is -3.86. The molecule has 0 bridgehead atoms. The van der Waals surface area contributed by atoms with E-state index in [2.05, 4.69) is 16.0 Å². The van der Waals surface area contributed by atoms with Crippen LogP contribution in [0.4, 0.5) is 5.69 Å². The van der Waals surface area contributed by atoms with Crippen molar-refractivity contribution in [3.8, 4) is 0 Å². The third kappa shape index (κ3) is 6.56. The Balaban J connectivity index is 1.66. The van der Waals surface area contributed by atoms with Crippen molar-refractivity contribution >= 4 is 58.5 Å². The Morgan fingerprint density at radius 3 is 2.17 bits per heavy atom. The van der Waals surface area contributed by atoms with Gasteiger partial charge in [0.05, 0.1) is 27.6 Å². The Kier molecular flexibility index (Phi) is 9.48. The molecule has 0 aliphatic heterocycles. The highest BCUT2D eigenvalue weighted by atomic mass is 35.5. The van der Waals surface area contributed by atoms with Gasteiger partial charge in [0.1, 0.15) is 6.04 Å². The fourth-order valence-corrected chi connectivity index (χ4v) is 5.64. The summed E-state index contributed by atoms with van der Waals surface area (Å²) in [6.45, 7) is 4.99. The maximum Gasteiger partial charge on any atom is 0.326 e. The average Bonchev–Trinajstić information content (AvgIpc) is 3.12. The smallest absolute Gasteiger partial charge is 0.326 e. The largest absolute Gasteiger partial charge is 0.480 e. The molecule has 0 heterocycles. The molecule has 2 aromatic rings. The van der Waals surface area contributed by atoms with Crippen molar-refractivity contribution in [2.45, 2.75) is 46.1 Å². The van der Waals surface area contributed by atoms with Crippen LogP contribution in [0.2, 0.25) is 10.0 Å². The molecule has 40 heavy (non-hydrogen) atoms. The number of primary amides is 1. The zero-order valence-corrected chi connectivity index (χ0v) is 23.9. The molecule has 1 fully saturated rings. The molecule has 0 saturated heterocycles. The number of halogens is 2. The second-order valence-electron chi connectivity index (χ2n) is 10.6. The van der Waals surface area contributed by atoms with Gasteiger partial charge in [-0.3, -0.25) is 19.2 Å². The third-order valence-corrected chi connectivity index (χ3v) is 8.55. The number of amides is 4. The molecule has 1 aliphatic carbocycles. The number of hydrogen-bond acceptors (Lipinski definition) is 5. The summed E-state index contributed by atoms with van der Waals surface area (Å²) in [4.78, 5) is 61.8. The standard InChI is InChI=1S/C28H32Cl2N4O6/c1-27(2)17(11-12-28(27,3)26(40)32-14-21(31)35)23(36)34-20(25(38)39)13-15-7-9-16(10-8-15)33-24(37)22-18(29)5-4-6-19(22)30/h4-10,17,20H,11-14H2,1-3H3,(H2,31,35)(H,32,40)(H,33,37)(H,34,36)(H,38,39). The van der Waals surface area contributed by atoms with E-state index in [1.807, 2.05) is 0 Å². The van der Waals surface area contributed by atoms with Crippen LogP contribution in [0.5, 0.6) is 0 Å². The molecule has 2 aromatic carbocycles. The van der Waals surface area contributed by atoms with E-state index in [4.69, 9.17) is 28.9 Å². The summed E-state index contributed by atoms with van der Waals surface area (Å²) >= 11 is 12.2. The number of benzene rings is 2. The minimum absolute atomic E-state index is 0.00481. The van der Waals surface area contributed by atoms with Gasteiger partial charge in [-0.2, -0.15) is 0 Å². The second-order valence-corrected chi connectivity index (χ2v) is 11.5. The van der Waals surface area contributed by atoms with E-state index < -0.39 is 46.5 Å². The SMILES string of the molecule is CC1(C(=O)NCC(N)=O)CCC(C(=O)NC(Cc2ccc(NC(=O)c3c(Cl)cccc3Cl)cc2)C(=O)O)C1(C)C. The van der Waals surface area contributed by atoms with Crippen LogP contribution in [0.3, 0.4) is 0 Å². The minimum atomic E-state index is -1.22. The number of anilines is 1. The molecule has 10 nitrogen and oxygen atoms in total. The predicted octanol–water partition coefficient (Wildman–Crippen LogP) is 3.40. The van der Waals surface area contributed by atoms with Gasteiger partial charge in [0.2, 0.25) is 17.7 Å². The lowest BCUT2D eigenvalue weighted by Gasteiger charge is -2.40. The van der Waals surface area contributed by atoms with Crippen LogP contribution in [-0.2, 0) is 25.6 Å². The van der Waals surface area contributed by atoms with Gasteiger partial charge in [-0.25, -0.2) is 4.79 Å². The van der Waals surface area contributed by atoms with E-state index in [1.54, 1.807) is 63.2 Å². The number of hydrogen-bond donors (Lipinski definition) is 5. The lowest BCUT2D eigenvalue weighted by atomic mass is 9.65. The maximum absolute atomic E-state index is 13.3. The molecule has 4 amide bonds. The van der Waals surface area contributed by atoms with Gasteiger partial charge in [-0.15, -0.1) is 0 Å². The summed E-state index contributed by atoms with van der Waals surface area (Å²) in [5.41, 5.74) is 4.55.